The first-order valence-corrected chi connectivity index (χ1v) is 10.6. The van der Waals surface area contributed by atoms with Gasteiger partial charge in [0.2, 0.25) is 0 Å². The molecular formula is C24H27FN2O. The maximum atomic E-state index is 14.3. The summed E-state index contributed by atoms with van der Waals surface area (Å²) in [6.45, 7) is 5.16. The van der Waals surface area contributed by atoms with E-state index in [4.69, 9.17) is 0 Å². The van der Waals surface area contributed by atoms with Gasteiger partial charge in [0, 0.05) is 25.3 Å². The topological polar surface area (TPSA) is 23.6 Å². The van der Waals surface area contributed by atoms with Crippen molar-refractivity contribution in [2.24, 2.45) is 5.92 Å². The Labute approximate surface area is 166 Å². The molecule has 0 aromatic heterocycles. The monoisotopic (exact) mass is 378 g/mol. The number of rotatable bonds is 2. The van der Waals surface area contributed by atoms with Crippen LogP contribution in [0.25, 0.3) is 0 Å². The lowest BCUT2D eigenvalue weighted by atomic mass is 9.85. The zero-order valence-electron chi connectivity index (χ0n) is 16.4. The second kappa shape index (κ2) is 6.91. The van der Waals surface area contributed by atoms with Crippen molar-refractivity contribution in [2.75, 3.05) is 24.5 Å². The van der Waals surface area contributed by atoms with Gasteiger partial charge in [-0.1, -0.05) is 25.1 Å². The highest BCUT2D eigenvalue weighted by Crippen LogP contribution is 2.54. The molecule has 3 aliphatic rings. The number of benzene rings is 2. The molecule has 1 amide bonds. The third-order valence-electron chi connectivity index (χ3n) is 7.02. The van der Waals surface area contributed by atoms with Crippen LogP contribution < -0.4 is 4.90 Å². The third kappa shape index (κ3) is 2.73. The number of piperidine rings is 2. The van der Waals surface area contributed by atoms with E-state index in [-0.39, 0.29) is 17.5 Å². The summed E-state index contributed by atoms with van der Waals surface area (Å²) in [7, 11) is 0. The van der Waals surface area contributed by atoms with Crippen LogP contribution in [0.4, 0.5) is 10.1 Å². The van der Waals surface area contributed by atoms with Crippen LogP contribution in [0.15, 0.2) is 42.5 Å². The Kier molecular flexibility index (Phi) is 4.37. The highest BCUT2D eigenvalue weighted by Gasteiger charge is 2.46. The smallest absolute Gasteiger partial charge is 0.257 e. The lowest BCUT2D eigenvalue weighted by Crippen LogP contribution is -2.41. The van der Waals surface area contributed by atoms with E-state index < -0.39 is 5.82 Å². The lowest BCUT2D eigenvalue weighted by Gasteiger charge is -2.38. The Morgan fingerprint density at radius 2 is 1.79 bits per heavy atom. The largest absolute Gasteiger partial charge is 0.372 e. The summed E-state index contributed by atoms with van der Waals surface area (Å²) in [4.78, 5) is 17.6. The lowest BCUT2D eigenvalue weighted by molar-refractivity contribution is 0.0519. The van der Waals surface area contributed by atoms with Crippen LogP contribution in [0, 0.1) is 11.7 Å². The number of carbonyl (C=O) groups is 1. The normalized spacial score (nSPS) is 26.3. The van der Waals surface area contributed by atoms with Crippen LogP contribution >= 0.6 is 0 Å². The Balaban J connectivity index is 1.51. The molecule has 146 valence electrons. The van der Waals surface area contributed by atoms with Crippen LogP contribution in [0.5, 0.6) is 0 Å². The number of halogens is 1. The summed E-state index contributed by atoms with van der Waals surface area (Å²) in [6.07, 6.45) is 4.76. The van der Waals surface area contributed by atoms with Crippen LogP contribution in [0.1, 0.15) is 66.1 Å². The Morgan fingerprint density at radius 3 is 2.57 bits per heavy atom. The van der Waals surface area contributed by atoms with Gasteiger partial charge in [-0.25, -0.2) is 4.39 Å². The molecule has 1 aliphatic carbocycles. The predicted octanol–water partition coefficient (Wildman–Crippen LogP) is 5.14. The number of likely N-dealkylation sites (tertiary alicyclic amines) is 1. The summed E-state index contributed by atoms with van der Waals surface area (Å²) in [6, 6.07) is 13.3. The Bertz CT molecular complexity index is 905. The summed E-state index contributed by atoms with van der Waals surface area (Å²) in [5.74, 6) is 0.267. The average molecular weight is 378 g/mol. The quantitative estimate of drug-likeness (QED) is 0.723. The van der Waals surface area contributed by atoms with Crippen molar-refractivity contribution in [1.29, 1.82) is 0 Å². The van der Waals surface area contributed by atoms with Crippen molar-refractivity contribution in [3.8, 4) is 0 Å². The molecule has 3 atom stereocenters. The number of carbonyl (C=O) groups excluding carboxylic acids is 1. The van der Waals surface area contributed by atoms with Crippen molar-refractivity contribution in [3.05, 3.63) is 65.0 Å². The minimum absolute atomic E-state index is 0.0468. The average Bonchev–Trinajstić information content (AvgIpc) is 2.89. The molecule has 2 aliphatic heterocycles. The van der Waals surface area contributed by atoms with Gasteiger partial charge >= 0.3 is 0 Å². The van der Waals surface area contributed by atoms with Crippen molar-refractivity contribution < 1.29 is 9.18 Å². The van der Waals surface area contributed by atoms with Crippen LogP contribution in [0.2, 0.25) is 0 Å². The second-order valence-corrected chi connectivity index (χ2v) is 8.54. The summed E-state index contributed by atoms with van der Waals surface area (Å²) in [5.41, 5.74) is 4.13. The van der Waals surface area contributed by atoms with E-state index in [2.05, 4.69) is 30.0 Å². The molecule has 0 saturated carbocycles. The predicted molar refractivity (Wildman–Crippen MR) is 109 cm³/mol. The van der Waals surface area contributed by atoms with E-state index in [1.54, 1.807) is 18.2 Å². The van der Waals surface area contributed by atoms with Crippen LogP contribution in [0.3, 0.4) is 0 Å². The molecule has 2 aromatic carbocycles. The van der Waals surface area contributed by atoms with E-state index >= 15 is 0 Å². The summed E-state index contributed by atoms with van der Waals surface area (Å²) in [5, 5.41) is 0. The van der Waals surface area contributed by atoms with Gasteiger partial charge in [-0.3, -0.25) is 4.79 Å². The molecule has 0 N–H and O–H groups in total. The molecule has 2 aromatic rings. The van der Waals surface area contributed by atoms with Gasteiger partial charge in [-0.2, -0.15) is 0 Å². The van der Waals surface area contributed by atoms with E-state index in [0.717, 1.165) is 19.5 Å². The number of hydrogen-bond donors (Lipinski definition) is 0. The Morgan fingerprint density at radius 1 is 1.00 bits per heavy atom. The number of amides is 1. The van der Waals surface area contributed by atoms with Gasteiger partial charge in [0.25, 0.3) is 5.91 Å². The van der Waals surface area contributed by atoms with Crippen molar-refractivity contribution in [1.82, 2.24) is 4.90 Å². The molecule has 2 heterocycles. The molecule has 5 rings (SSSR count). The highest BCUT2D eigenvalue weighted by molar-refractivity contribution is 5.95. The minimum atomic E-state index is -0.428. The maximum Gasteiger partial charge on any atom is 0.257 e. The first kappa shape index (κ1) is 17.7. The summed E-state index contributed by atoms with van der Waals surface area (Å²) >= 11 is 0. The highest BCUT2D eigenvalue weighted by atomic mass is 19.1. The van der Waals surface area contributed by atoms with Crippen molar-refractivity contribution in [2.45, 2.75) is 44.6 Å². The first-order chi connectivity index (χ1) is 13.6. The van der Waals surface area contributed by atoms with Gasteiger partial charge in [0.05, 0.1) is 11.6 Å². The fourth-order valence-electron chi connectivity index (χ4n) is 5.60. The molecule has 2 unspecified atom stereocenters. The standard InChI is InChI=1S/C24H27FN2O/c1-16-18-11-14-27(24(28)20-7-3-4-8-22(20)25)23(16)21-15-17(9-10-19(18)21)26-12-5-2-6-13-26/h3-4,7-10,15-16,18,23H,2,5-6,11-14H2,1H3/t16-,18?,23?/m0/s1. The second-order valence-electron chi connectivity index (χ2n) is 8.54. The molecule has 2 saturated heterocycles. The third-order valence-corrected chi connectivity index (χ3v) is 7.02. The van der Waals surface area contributed by atoms with E-state index in [0.29, 0.717) is 18.4 Å². The number of fused-ring (bicyclic) bond motifs is 5. The first-order valence-electron chi connectivity index (χ1n) is 10.6. The van der Waals surface area contributed by atoms with E-state index in [9.17, 15) is 9.18 Å². The number of nitrogens with zero attached hydrogens (tertiary/aromatic N) is 2. The van der Waals surface area contributed by atoms with Crippen LogP contribution in [-0.2, 0) is 0 Å². The summed E-state index contributed by atoms with van der Waals surface area (Å²) < 4.78 is 14.3. The number of anilines is 1. The molecule has 28 heavy (non-hydrogen) atoms. The molecule has 3 nitrogen and oxygen atoms in total. The fraction of sp³-hybridized carbons (Fsp3) is 0.458. The molecular weight excluding hydrogens is 351 g/mol. The van der Waals surface area contributed by atoms with Gasteiger partial charge in [0.15, 0.2) is 0 Å². The van der Waals surface area contributed by atoms with Gasteiger partial charge in [-0.15, -0.1) is 0 Å². The zero-order chi connectivity index (χ0) is 19.3. The molecule has 0 spiro atoms. The molecule has 0 radical (unpaired) electrons. The van der Waals surface area contributed by atoms with Crippen molar-refractivity contribution in [3.63, 3.8) is 0 Å². The van der Waals surface area contributed by atoms with E-state index in [1.165, 1.54) is 42.1 Å². The number of hydrogen-bond acceptors (Lipinski definition) is 2. The van der Waals surface area contributed by atoms with Crippen molar-refractivity contribution >= 4 is 11.6 Å². The van der Waals surface area contributed by atoms with E-state index in [1.807, 2.05) is 4.90 Å². The minimum Gasteiger partial charge on any atom is -0.372 e. The molecule has 2 bridgehead atoms. The Hall–Kier alpha value is -2.36. The fourth-order valence-corrected chi connectivity index (χ4v) is 5.60. The zero-order valence-corrected chi connectivity index (χ0v) is 16.4. The molecule has 4 heteroatoms. The SMILES string of the molecule is C[C@H]1C2CCN(C(=O)c3ccccc3F)C1c1cc(N3CCCCC3)ccc12. The van der Waals surface area contributed by atoms with Gasteiger partial charge in [-0.05, 0) is 72.9 Å². The van der Waals surface area contributed by atoms with Crippen LogP contribution in [-0.4, -0.2) is 30.4 Å². The molecule has 2 fully saturated rings. The maximum absolute atomic E-state index is 14.3. The van der Waals surface area contributed by atoms with Gasteiger partial charge < -0.3 is 9.80 Å². The van der Waals surface area contributed by atoms with Gasteiger partial charge in [0.1, 0.15) is 5.82 Å².